The molecule has 0 atom stereocenters. The number of benzene rings is 12. The van der Waals surface area contributed by atoms with Gasteiger partial charge in [-0.25, -0.2) is 0 Å². The topological polar surface area (TPSA) is 0 Å². The molecule has 0 heteroatoms. The summed E-state index contributed by atoms with van der Waals surface area (Å²) in [5.74, 6) is 0. The van der Waals surface area contributed by atoms with E-state index < -0.39 is 0 Å². The molecule has 0 bridgehead atoms. The lowest BCUT2D eigenvalue weighted by atomic mass is 9.83. The lowest BCUT2D eigenvalue weighted by Gasteiger charge is -2.20. The largest absolute Gasteiger partial charge is 0.0616 e. The second kappa shape index (κ2) is 11.2. The Bertz CT molecular complexity index is 3440. The van der Waals surface area contributed by atoms with Gasteiger partial charge >= 0.3 is 0 Å². The molecule has 248 valence electrons. The minimum absolute atomic E-state index is 1.23. The summed E-state index contributed by atoms with van der Waals surface area (Å²) >= 11 is 0. The predicted molar refractivity (Wildman–Crippen MR) is 234 cm³/mol. The van der Waals surface area contributed by atoms with E-state index >= 15 is 0 Å². The number of hydrogen-bond acceptors (Lipinski definition) is 0. The first-order valence-corrected chi connectivity index (χ1v) is 18.8. The Labute approximate surface area is 312 Å². The van der Waals surface area contributed by atoms with Crippen LogP contribution in [0, 0.1) is 0 Å². The molecular weight excluding hydrogens is 649 g/mol. The highest BCUT2D eigenvalue weighted by molar-refractivity contribution is 6.34. The van der Waals surface area contributed by atoms with E-state index in [9.17, 15) is 0 Å². The van der Waals surface area contributed by atoms with Crippen LogP contribution in [0.5, 0.6) is 0 Å². The summed E-state index contributed by atoms with van der Waals surface area (Å²) in [7, 11) is 0. The van der Waals surface area contributed by atoms with Crippen molar-refractivity contribution in [3.8, 4) is 33.4 Å². The SMILES string of the molecule is c1ccc2cc(-c3c4ccccc4c(-c4ccc5ccccc5c4)c4cc(-c5ccc6c7cccc8cccc(c9cccc5c96)c87)ccc34)ccc2c1. The molecule has 12 aromatic rings. The van der Waals surface area contributed by atoms with Gasteiger partial charge in [0.1, 0.15) is 0 Å². The molecular formula is C54H32. The molecule has 12 rings (SSSR count). The van der Waals surface area contributed by atoms with Gasteiger partial charge in [-0.3, -0.25) is 0 Å². The molecule has 0 N–H and O–H groups in total. The van der Waals surface area contributed by atoms with Gasteiger partial charge in [0, 0.05) is 0 Å². The van der Waals surface area contributed by atoms with Gasteiger partial charge < -0.3 is 0 Å². The van der Waals surface area contributed by atoms with E-state index in [1.165, 1.54) is 120 Å². The summed E-state index contributed by atoms with van der Waals surface area (Å²) in [4.78, 5) is 0. The van der Waals surface area contributed by atoms with Crippen molar-refractivity contribution >= 4 is 86.2 Å². The van der Waals surface area contributed by atoms with Crippen LogP contribution in [0.2, 0.25) is 0 Å². The second-order valence-corrected chi connectivity index (χ2v) is 14.8. The van der Waals surface area contributed by atoms with Crippen molar-refractivity contribution in [2.75, 3.05) is 0 Å². The van der Waals surface area contributed by atoms with Crippen molar-refractivity contribution in [1.82, 2.24) is 0 Å². The van der Waals surface area contributed by atoms with Crippen molar-refractivity contribution in [2.45, 2.75) is 0 Å². The van der Waals surface area contributed by atoms with E-state index in [-0.39, 0.29) is 0 Å². The average Bonchev–Trinajstić information content (AvgIpc) is 3.24. The van der Waals surface area contributed by atoms with Gasteiger partial charge in [0.05, 0.1) is 0 Å². The van der Waals surface area contributed by atoms with Crippen LogP contribution in [0.15, 0.2) is 194 Å². The van der Waals surface area contributed by atoms with Gasteiger partial charge in [-0.15, -0.1) is 0 Å². The third-order valence-electron chi connectivity index (χ3n) is 11.9. The van der Waals surface area contributed by atoms with Crippen LogP contribution in [0.25, 0.3) is 120 Å². The lowest BCUT2D eigenvalue weighted by molar-refractivity contribution is 1.67. The maximum atomic E-state index is 2.47. The molecule has 0 radical (unpaired) electrons. The Kier molecular flexibility index (Phi) is 6.15. The highest BCUT2D eigenvalue weighted by Gasteiger charge is 2.20. The lowest BCUT2D eigenvalue weighted by Crippen LogP contribution is -1.93. The molecule has 0 amide bonds. The van der Waals surface area contributed by atoms with E-state index in [2.05, 4.69) is 194 Å². The molecule has 0 aliphatic carbocycles. The van der Waals surface area contributed by atoms with Gasteiger partial charge in [0.25, 0.3) is 0 Å². The van der Waals surface area contributed by atoms with Crippen molar-refractivity contribution in [1.29, 1.82) is 0 Å². The second-order valence-electron chi connectivity index (χ2n) is 14.8. The number of fused-ring (bicyclic) bond motifs is 6. The first kappa shape index (κ1) is 29.5. The van der Waals surface area contributed by atoms with Crippen LogP contribution in [0.4, 0.5) is 0 Å². The molecule has 12 aromatic carbocycles. The standard InChI is InChI=1S/C54H32/c1-3-12-36-30-39(24-22-33(36)10-1)52-43-16-5-6-17-44(43)53(40-25-23-34-11-2-4-13-37(34)31-40)50-32-38(26-27-49(50)52)41-28-29-48-46-19-8-15-35-14-7-18-45(51(35)46)47-21-9-20-42(41)54(47)48/h1-32H. The van der Waals surface area contributed by atoms with Gasteiger partial charge in [-0.1, -0.05) is 176 Å². The molecule has 0 aromatic heterocycles. The number of hydrogen-bond donors (Lipinski definition) is 0. The molecule has 0 saturated carbocycles. The zero-order valence-electron chi connectivity index (χ0n) is 29.5. The van der Waals surface area contributed by atoms with Gasteiger partial charge in [0.2, 0.25) is 0 Å². The maximum Gasteiger partial charge on any atom is -0.00201 e. The monoisotopic (exact) mass is 680 g/mol. The van der Waals surface area contributed by atoms with Crippen LogP contribution in [-0.2, 0) is 0 Å². The minimum atomic E-state index is 1.23. The molecule has 0 nitrogen and oxygen atoms in total. The van der Waals surface area contributed by atoms with Crippen LogP contribution >= 0.6 is 0 Å². The predicted octanol–water partition coefficient (Wildman–Crippen LogP) is 15.4. The highest BCUT2D eigenvalue weighted by atomic mass is 14.2. The van der Waals surface area contributed by atoms with E-state index in [4.69, 9.17) is 0 Å². The van der Waals surface area contributed by atoms with Crippen LogP contribution in [0.3, 0.4) is 0 Å². The Hall–Kier alpha value is -7.02. The van der Waals surface area contributed by atoms with Gasteiger partial charge in [-0.2, -0.15) is 0 Å². The van der Waals surface area contributed by atoms with Crippen molar-refractivity contribution in [2.24, 2.45) is 0 Å². The molecule has 0 saturated heterocycles. The fraction of sp³-hybridized carbons (Fsp3) is 0. The van der Waals surface area contributed by atoms with Crippen LogP contribution in [-0.4, -0.2) is 0 Å². The zero-order valence-corrected chi connectivity index (χ0v) is 29.5. The normalized spacial score (nSPS) is 12.1. The maximum absolute atomic E-state index is 2.47. The number of rotatable bonds is 3. The fourth-order valence-corrected chi connectivity index (χ4v) is 9.55. The highest BCUT2D eigenvalue weighted by Crippen LogP contribution is 2.48. The first-order valence-electron chi connectivity index (χ1n) is 18.8. The Morgan fingerprint density at radius 2 is 0.630 bits per heavy atom. The average molecular weight is 681 g/mol. The summed E-state index contributed by atoms with van der Waals surface area (Å²) in [6.45, 7) is 0. The Balaban J connectivity index is 1.20. The molecule has 0 unspecified atom stereocenters. The molecule has 0 heterocycles. The molecule has 0 aliphatic heterocycles. The van der Waals surface area contributed by atoms with E-state index in [1.54, 1.807) is 0 Å². The first-order chi connectivity index (χ1) is 26.8. The summed E-state index contributed by atoms with van der Waals surface area (Å²) in [6, 6.07) is 72.5. The third kappa shape index (κ3) is 4.20. The van der Waals surface area contributed by atoms with Crippen LogP contribution in [0.1, 0.15) is 0 Å². The molecule has 0 fully saturated rings. The Morgan fingerprint density at radius 1 is 0.204 bits per heavy atom. The Morgan fingerprint density at radius 3 is 1.28 bits per heavy atom. The summed E-state index contributed by atoms with van der Waals surface area (Å²) in [6.07, 6.45) is 0. The van der Waals surface area contributed by atoms with Crippen LogP contribution < -0.4 is 0 Å². The third-order valence-corrected chi connectivity index (χ3v) is 11.9. The van der Waals surface area contributed by atoms with Gasteiger partial charge in [-0.05, 0) is 138 Å². The smallest absolute Gasteiger partial charge is 0.00201 e. The summed E-state index contributed by atoms with van der Waals surface area (Å²) in [5.41, 5.74) is 7.52. The minimum Gasteiger partial charge on any atom is -0.0616 e. The fourth-order valence-electron chi connectivity index (χ4n) is 9.55. The van der Waals surface area contributed by atoms with E-state index in [0.29, 0.717) is 0 Å². The van der Waals surface area contributed by atoms with Crippen molar-refractivity contribution < 1.29 is 0 Å². The molecule has 0 aliphatic rings. The zero-order chi connectivity index (χ0) is 35.3. The van der Waals surface area contributed by atoms with E-state index in [1.807, 2.05) is 0 Å². The molecule has 0 spiro atoms. The quantitative estimate of drug-likeness (QED) is 0.129. The molecule has 54 heavy (non-hydrogen) atoms. The van der Waals surface area contributed by atoms with E-state index in [0.717, 1.165) is 0 Å². The van der Waals surface area contributed by atoms with Crippen molar-refractivity contribution in [3.63, 3.8) is 0 Å². The summed E-state index contributed by atoms with van der Waals surface area (Å²) < 4.78 is 0. The van der Waals surface area contributed by atoms with Crippen molar-refractivity contribution in [3.05, 3.63) is 194 Å². The summed E-state index contributed by atoms with van der Waals surface area (Å²) in [5, 5.41) is 20.6. The van der Waals surface area contributed by atoms with Gasteiger partial charge in [0.15, 0.2) is 0 Å².